The average molecular weight is 489 g/mol. The third kappa shape index (κ3) is 5.88. The molecule has 0 unspecified atom stereocenters. The number of amides is 2. The molecule has 1 heterocycles. The number of thioether (sulfide) groups is 1. The summed E-state index contributed by atoms with van der Waals surface area (Å²) in [5.41, 5.74) is 12.6. The largest absolute Gasteiger partial charge is 0.423 e. The monoisotopic (exact) mass is 488 g/mol. The summed E-state index contributed by atoms with van der Waals surface area (Å²) >= 11 is 1.66. The van der Waals surface area contributed by atoms with Gasteiger partial charge in [-0.05, 0) is 79.3 Å². The second kappa shape index (κ2) is 10.9. The van der Waals surface area contributed by atoms with Crippen LogP contribution in [0.15, 0.2) is 82.7 Å². The highest BCUT2D eigenvalue weighted by molar-refractivity contribution is 7.99. The summed E-state index contributed by atoms with van der Waals surface area (Å²) in [6.45, 7) is 0.411. The lowest BCUT2D eigenvalue weighted by atomic mass is 10.1. The fraction of sp³-hybridized carbons (Fsp3) is 0.154. The quantitative estimate of drug-likeness (QED) is 0.0887. The van der Waals surface area contributed by atoms with E-state index in [1.54, 1.807) is 72.4 Å². The topological polar surface area (TPSA) is 128 Å². The van der Waals surface area contributed by atoms with Crippen LogP contribution in [0.1, 0.15) is 43.9 Å². The molecule has 0 saturated carbocycles. The van der Waals surface area contributed by atoms with Gasteiger partial charge in [0.25, 0.3) is 11.8 Å². The van der Waals surface area contributed by atoms with Crippen molar-refractivity contribution in [3.05, 3.63) is 89.5 Å². The van der Waals surface area contributed by atoms with E-state index in [0.717, 1.165) is 23.5 Å². The molecule has 2 amide bonds. The number of unbranched alkanes of at least 4 members (excludes halogenated alkanes) is 1. The molecule has 0 radical (unpaired) electrons. The Kier molecular flexibility index (Phi) is 7.47. The van der Waals surface area contributed by atoms with Crippen LogP contribution in [0.2, 0.25) is 0 Å². The van der Waals surface area contributed by atoms with Gasteiger partial charge in [0.05, 0.1) is 22.4 Å². The van der Waals surface area contributed by atoms with Crippen LogP contribution in [0.3, 0.4) is 0 Å². The zero-order valence-electron chi connectivity index (χ0n) is 18.8. The Morgan fingerprint density at radius 1 is 0.857 bits per heavy atom. The molecule has 178 valence electrons. The van der Waals surface area contributed by atoms with Gasteiger partial charge in [-0.2, -0.15) is 0 Å². The van der Waals surface area contributed by atoms with Gasteiger partial charge in [-0.15, -0.1) is 11.8 Å². The Balaban J connectivity index is 1.20. The summed E-state index contributed by atoms with van der Waals surface area (Å²) < 4.78 is 5.42. The van der Waals surface area contributed by atoms with E-state index in [0.29, 0.717) is 34.7 Å². The molecule has 3 aromatic carbocycles. The minimum absolute atomic E-state index is 0.0546. The predicted molar refractivity (Wildman–Crippen MR) is 135 cm³/mol. The van der Waals surface area contributed by atoms with E-state index in [1.165, 1.54) is 4.90 Å². The van der Waals surface area contributed by atoms with E-state index in [-0.39, 0.29) is 17.8 Å². The smallest absolute Gasteiger partial charge is 0.343 e. The summed E-state index contributed by atoms with van der Waals surface area (Å²) in [6, 6.07) is 20.6. The Labute approximate surface area is 207 Å². The normalized spacial score (nSPS) is 12.4. The van der Waals surface area contributed by atoms with Crippen molar-refractivity contribution < 1.29 is 19.1 Å². The zero-order chi connectivity index (χ0) is 24.8. The second-order valence-corrected chi connectivity index (χ2v) is 8.98. The van der Waals surface area contributed by atoms with E-state index in [2.05, 4.69) is 4.99 Å². The number of esters is 1. The molecule has 0 aromatic heterocycles. The maximum absolute atomic E-state index is 12.4. The standard InChI is InChI=1S/C26H24N4O4S/c27-26(28)29-18-9-7-17(8-10-18)25(33)34-19-11-13-20(14-12-19)35-16-4-3-15-30-23(31)21-5-1-2-6-22(21)24(30)32/h1-2,5-14H,3-4,15-16H2,(H4,27,28,29). The van der Waals surface area contributed by atoms with E-state index < -0.39 is 5.97 Å². The number of ether oxygens (including phenoxy) is 1. The number of fused-ring (bicyclic) bond motifs is 1. The molecular weight excluding hydrogens is 464 g/mol. The average Bonchev–Trinajstić information content (AvgIpc) is 3.10. The summed E-state index contributed by atoms with van der Waals surface area (Å²) in [5, 5.41) is 0. The molecule has 4 N–H and O–H groups in total. The van der Waals surface area contributed by atoms with Crippen LogP contribution in [0.5, 0.6) is 5.75 Å². The van der Waals surface area contributed by atoms with Gasteiger partial charge in [-0.25, -0.2) is 9.79 Å². The highest BCUT2D eigenvalue weighted by atomic mass is 32.2. The molecule has 4 rings (SSSR count). The number of hydrogen-bond acceptors (Lipinski definition) is 6. The number of carbonyl (C=O) groups excluding carboxylic acids is 3. The first-order chi connectivity index (χ1) is 16.9. The van der Waals surface area contributed by atoms with Gasteiger partial charge in [0.2, 0.25) is 0 Å². The van der Waals surface area contributed by atoms with Gasteiger partial charge in [-0.3, -0.25) is 14.5 Å². The highest BCUT2D eigenvalue weighted by Gasteiger charge is 2.34. The first-order valence-electron chi connectivity index (χ1n) is 11.0. The van der Waals surface area contributed by atoms with Gasteiger partial charge in [0.15, 0.2) is 5.96 Å². The number of nitrogens with two attached hydrogens (primary N) is 2. The number of rotatable bonds is 9. The van der Waals surface area contributed by atoms with E-state index in [9.17, 15) is 14.4 Å². The van der Waals surface area contributed by atoms with Crippen LogP contribution in [0.25, 0.3) is 0 Å². The van der Waals surface area contributed by atoms with Crippen molar-refractivity contribution in [2.75, 3.05) is 12.3 Å². The number of imide groups is 1. The molecule has 1 aliphatic heterocycles. The minimum Gasteiger partial charge on any atom is -0.423 e. The molecular formula is C26H24N4O4S. The molecule has 9 heteroatoms. The van der Waals surface area contributed by atoms with Crippen LogP contribution in [0.4, 0.5) is 5.69 Å². The molecule has 8 nitrogen and oxygen atoms in total. The third-order valence-corrected chi connectivity index (χ3v) is 6.42. The number of aliphatic imine (C=N–C) groups is 1. The van der Waals surface area contributed by atoms with E-state index in [4.69, 9.17) is 16.2 Å². The molecule has 0 fully saturated rings. The SMILES string of the molecule is NC(N)=Nc1ccc(C(=O)Oc2ccc(SCCCCN3C(=O)c4ccccc4C3=O)cc2)cc1. The lowest BCUT2D eigenvalue weighted by molar-refractivity contribution is 0.0650. The van der Waals surface area contributed by atoms with Gasteiger partial charge < -0.3 is 16.2 Å². The van der Waals surface area contributed by atoms with E-state index >= 15 is 0 Å². The van der Waals surface area contributed by atoms with Crippen molar-refractivity contribution in [1.29, 1.82) is 0 Å². The van der Waals surface area contributed by atoms with Gasteiger partial charge >= 0.3 is 5.97 Å². The van der Waals surface area contributed by atoms with Gasteiger partial charge in [0, 0.05) is 11.4 Å². The van der Waals surface area contributed by atoms with Crippen LogP contribution in [-0.2, 0) is 0 Å². The van der Waals surface area contributed by atoms with Gasteiger partial charge in [0.1, 0.15) is 5.75 Å². The summed E-state index contributed by atoms with van der Waals surface area (Å²) in [5.74, 6) is 0.320. The lowest BCUT2D eigenvalue weighted by Gasteiger charge is -2.13. The summed E-state index contributed by atoms with van der Waals surface area (Å²) in [4.78, 5) is 43.4. The maximum Gasteiger partial charge on any atom is 0.343 e. The number of hydrogen-bond donors (Lipinski definition) is 2. The van der Waals surface area contributed by atoms with Crippen molar-refractivity contribution >= 4 is 41.2 Å². The molecule has 1 aliphatic rings. The Bertz CT molecular complexity index is 1230. The van der Waals surface area contributed by atoms with Crippen LogP contribution in [-0.4, -0.2) is 40.9 Å². The number of guanidine groups is 1. The highest BCUT2D eigenvalue weighted by Crippen LogP contribution is 2.25. The van der Waals surface area contributed by atoms with Crippen LogP contribution >= 0.6 is 11.8 Å². The fourth-order valence-corrected chi connectivity index (χ4v) is 4.51. The van der Waals surface area contributed by atoms with E-state index in [1.807, 2.05) is 12.1 Å². The van der Waals surface area contributed by atoms with Crippen molar-refractivity contribution in [1.82, 2.24) is 4.90 Å². The lowest BCUT2D eigenvalue weighted by Crippen LogP contribution is -2.30. The molecule has 0 aliphatic carbocycles. The fourth-order valence-electron chi connectivity index (χ4n) is 3.60. The Morgan fingerprint density at radius 2 is 1.49 bits per heavy atom. The molecule has 35 heavy (non-hydrogen) atoms. The van der Waals surface area contributed by atoms with Gasteiger partial charge in [-0.1, -0.05) is 12.1 Å². The maximum atomic E-state index is 12.4. The number of benzene rings is 3. The second-order valence-electron chi connectivity index (χ2n) is 7.81. The summed E-state index contributed by atoms with van der Waals surface area (Å²) in [7, 11) is 0. The van der Waals surface area contributed by atoms with Crippen LogP contribution in [0, 0.1) is 0 Å². The molecule has 0 saturated heterocycles. The van der Waals surface area contributed by atoms with Crippen molar-refractivity contribution in [2.24, 2.45) is 16.5 Å². The number of carbonyl (C=O) groups is 3. The molecule has 0 bridgehead atoms. The molecule has 0 spiro atoms. The Hall–Kier alpha value is -4.11. The Morgan fingerprint density at radius 3 is 2.09 bits per heavy atom. The first kappa shape index (κ1) is 24.0. The third-order valence-electron chi connectivity index (χ3n) is 5.32. The number of nitrogens with zero attached hydrogens (tertiary/aromatic N) is 2. The zero-order valence-corrected chi connectivity index (χ0v) is 19.7. The van der Waals surface area contributed by atoms with Crippen molar-refractivity contribution in [2.45, 2.75) is 17.7 Å². The van der Waals surface area contributed by atoms with Crippen molar-refractivity contribution in [3.8, 4) is 5.75 Å². The minimum atomic E-state index is -0.477. The molecule has 0 atom stereocenters. The first-order valence-corrected chi connectivity index (χ1v) is 12.0. The van der Waals surface area contributed by atoms with Crippen LogP contribution < -0.4 is 16.2 Å². The predicted octanol–water partition coefficient (Wildman–Crippen LogP) is 3.98. The summed E-state index contributed by atoms with van der Waals surface area (Å²) in [6.07, 6.45) is 1.58. The molecule has 3 aromatic rings. The van der Waals surface area contributed by atoms with Crippen molar-refractivity contribution in [3.63, 3.8) is 0 Å².